The van der Waals surface area contributed by atoms with E-state index in [1.54, 1.807) is 6.20 Å². The van der Waals surface area contributed by atoms with Gasteiger partial charge in [0.25, 0.3) is 0 Å². The molecule has 0 amide bonds. The molecule has 5 nitrogen and oxygen atoms in total. The van der Waals surface area contributed by atoms with Gasteiger partial charge >= 0.3 is 5.97 Å². The van der Waals surface area contributed by atoms with Gasteiger partial charge in [-0.1, -0.05) is 0 Å². The third-order valence-corrected chi connectivity index (χ3v) is 4.76. The van der Waals surface area contributed by atoms with E-state index in [0.29, 0.717) is 0 Å². The monoisotopic (exact) mass is 291 g/mol. The summed E-state index contributed by atoms with van der Waals surface area (Å²) in [6.07, 6.45) is 3.97. The lowest BCUT2D eigenvalue weighted by molar-refractivity contribution is -0.138. The second-order valence-corrected chi connectivity index (χ2v) is 6.16. The molecular weight excluding hydrogens is 274 g/mol. The van der Waals surface area contributed by atoms with Gasteiger partial charge in [0.15, 0.2) is 0 Å². The van der Waals surface area contributed by atoms with Gasteiger partial charge in [-0.3, -0.25) is 9.69 Å². The predicted molar refractivity (Wildman–Crippen MR) is 79.9 cm³/mol. The first-order chi connectivity index (χ1) is 9.74. The summed E-state index contributed by atoms with van der Waals surface area (Å²) in [5.41, 5.74) is 2.08. The van der Waals surface area contributed by atoms with Gasteiger partial charge in [0.1, 0.15) is 5.65 Å². The van der Waals surface area contributed by atoms with E-state index in [-0.39, 0.29) is 12.5 Å². The average Bonchev–Trinajstić information content (AvgIpc) is 2.84. The number of nitrogens with one attached hydrogen (secondary N) is 1. The van der Waals surface area contributed by atoms with E-state index < -0.39 is 5.97 Å². The number of fused-ring (bicyclic) bond motifs is 1. The molecule has 1 aliphatic rings. The minimum absolute atomic E-state index is 0.118. The third kappa shape index (κ3) is 2.81. The van der Waals surface area contributed by atoms with Crippen molar-refractivity contribution in [2.24, 2.45) is 0 Å². The van der Waals surface area contributed by atoms with Crippen LogP contribution < -0.4 is 0 Å². The minimum Gasteiger partial charge on any atom is -0.481 e. The molecule has 0 aromatic carbocycles. The highest BCUT2D eigenvalue weighted by Crippen LogP contribution is 2.24. The second kappa shape index (κ2) is 5.85. The van der Waals surface area contributed by atoms with E-state index in [2.05, 4.69) is 20.9 Å². The maximum atomic E-state index is 11.0. The van der Waals surface area contributed by atoms with Gasteiger partial charge in [-0.25, -0.2) is 4.98 Å². The molecule has 2 aromatic heterocycles. The van der Waals surface area contributed by atoms with Crippen molar-refractivity contribution in [2.45, 2.75) is 19.0 Å². The number of carboxylic acids is 1. The number of nitrogens with zero attached hydrogens (tertiary/aromatic N) is 2. The van der Waals surface area contributed by atoms with E-state index >= 15 is 0 Å². The molecule has 1 aliphatic heterocycles. The summed E-state index contributed by atoms with van der Waals surface area (Å²) in [5.74, 6) is 1.24. The van der Waals surface area contributed by atoms with Gasteiger partial charge in [-0.15, -0.1) is 0 Å². The van der Waals surface area contributed by atoms with Crippen molar-refractivity contribution in [3.8, 4) is 0 Å². The van der Waals surface area contributed by atoms with Gasteiger partial charge < -0.3 is 10.1 Å². The molecule has 1 unspecified atom stereocenters. The zero-order valence-electron chi connectivity index (χ0n) is 11.1. The molecule has 0 aliphatic carbocycles. The highest BCUT2D eigenvalue weighted by molar-refractivity contribution is 7.99. The molecule has 1 fully saturated rings. The zero-order valence-corrected chi connectivity index (χ0v) is 11.9. The standard InChI is InChI=1S/C14H17N3O2S/c18-13(19)6-11-9-20-5-4-17(11)8-10-7-16-14-12(10)2-1-3-15-14/h1-3,7,11H,4-6,8-9H2,(H,15,16)(H,18,19). The summed E-state index contributed by atoms with van der Waals surface area (Å²) < 4.78 is 0. The largest absolute Gasteiger partial charge is 0.481 e. The molecular formula is C14H17N3O2S. The van der Waals surface area contributed by atoms with Crippen molar-refractivity contribution < 1.29 is 9.90 Å². The maximum absolute atomic E-state index is 11.0. The van der Waals surface area contributed by atoms with Gasteiger partial charge in [0.05, 0.1) is 6.42 Å². The summed E-state index contributed by atoms with van der Waals surface area (Å²) in [6.45, 7) is 1.72. The molecule has 106 valence electrons. The smallest absolute Gasteiger partial charge is 0.304 e. The summed E-state index contributed by atoms with van der Waals surface area (Å²) in [4.78, 5) is 20.7. The summed E-state index contributed by atoms with van der Waals surface area (Å²) in [7, 11) is 0. The van der Waals surface area contributed by atoms with Crippen LogP contribution in [0.1, 0.15) is 12.0 Å². The molecule has 1 atom stereocenters. The van der Waals surface area contributed by atoms with E-state index in [4.69, 9.17) is 5.11 Å². The minimum atomic E-state index is -0.719. The van der Waals surface area contributed by atoms with Crippen LogP contribution in [-0.4, -0.2) is 50.0 Å². The van der Waals surface area contributed by atoms with Gasteiger partial charge in [-0.05, 0) is 17.7 Å². The van der Waals surface area contributed by atoms with E-state index in [1.807, 2.05) is 24.0 Å². The zero-order chi connectivity index (χ0) is 13.9. The molecule has 2 N–H and O–H groups in total. The van der Waals surface area contributed by atoms with Crippen LogP contribution in [0.4, 0.5) is 0 Å². The van der Waals surface area contributed by atoms with Crippen LogP contribution in [0, 0.1) is 0 Å². The van der Waals surface area contributed by atoms with Crippen LogP contribution in [0.5, 0.6) is 0 Å². The number of pyridine rings is 1. The number of hydrogen-bond acceptors (Lipinski definition) is 4. The van der Waals surface area contributed by atoms with Crippen LogP contribution in [0.15, 0.2) is 24.5 Å². The highest BCUT2D eigenvalue weighted by atomic mass is 32.2. The van der Waals surface area contributed by atoms with Crippen molar-refractivity contribution in [1.29, 1.82) is 0 Å². The summed E-state index contributed by atoms with van der Waals surface area (Å²) in [5, 5.41) is 10.2. The quantitative estimate of drug-likeness (QED) is 0.901. The van der Waals surface area contributed by atoms with Crippen molar-refractivity contribution in [2.75, 3.05) is 18.1 Å². The summed E-state index contributed by atoms with van der Waals surface area (Å²) in [6, 6.07) is 4.10. The first kappa shape index (κ1) is 13.5. The van der Waals surface area contributed by atoms with Gasteiger partial charge in [0.2, 0.25) is 0 Å². The Hall–Kier alpha value is -1.53. The molecule has 6 heteroatoms. The molecule has 3 heterocycles. The Morgan fingerprint density at radius 1 is 1.60 bits per heavy atom. The Kier molecular flexibility index (Phi) is 3.93. The Balaban J connectivity index is 1.79. The normalized spacial score (nSPS) is 20.3. The number of thioether (sulfide) groups is 1. The molecule has 3 rings (SSSR count). The number of rotatable bonds is 4. The second-order valence-electron chi connectivity index (χ2n) is 5.01. The lowest BCUT2D eigenvalue weighted by atomic mass is 10.1. The number of aliphatic carboxylic acids is 1. The van der Waals surface area contributed by atoms with Crippen molar-refractivity contribution >= 4 is 28.8 Å². The van der Waals surface area contributed by atoms with E-state index in [1.165, 1.54) is 5.56 Å². The number of hydrogen-bond donors (Lipinski definition) is 2. The molecule has 20 heavy (non-hydrogen) atoms. The number of carbonyl (C=O) groups is 1. The molecule has 0 bridgehead atoms. The fraction of sp³-hybridized carbons (Fsp3) is 0.429. The molecule has 2 aromatic rings. The van der Waals surface area contributed by atoms with Crippen LogP contribution in [-0.2, 0) is 11.3 Å². The number of aromatic nitrogens is 2. The van der Waals surface area contributed by atoms with Crippen molar-refractivity contribution in [3.05, 3.63) is 30.1 Å². The summed E-state index contributed by atoms with van der Waals surface area (Å²) >= 11 is 1.84. The van der Waals surface area contributed by atoms with E-state index in [0.717, 1.165) is 35.6 Å². The third-order valence-electron chi connectivity index (χ3n) is 3.67. The first-order valence-electron chi connectivity index (χ1n) is 6.68. The fourth-order valence-electron chi connectivity index (χ4n) is 2.65. The maximum Gasteiger partial charge on any atom is 0.304 e. The Labute approximate surface area is 121 Å². The van der Waals surface area contributed by atoms with Crippen molar-refractivity contribution in [1.82, 2.24) is 14.9 Å². The lowest BCUT2D eigenvalue weighted by Gasteiger charge is -2.34. The van der Waals surface area contributed by atoms with Crippen LogP contribution in [0.3, 0.4) is 0 Å². The van der Waals surface area contributed by atoms with Crippen LogP contribution >= 0.6 is 11.8 Å². The first-order valence-corrected chi connectivity index (χ1v) is 7.84. The highest BCUT2D eigenvalue weighted by Gasteiger charge is 2.25. The van der Waals surface area contributed by atoms with Crippen LogP contribution in [0.2, 0.25) is 0 Å². The fourth-order valence-corrected chi connectivity index (χ4v) is 3.78. The molecule has 0 radical (unpaired) electrons. The molecule has 0 saturated carbocycles. The Morgan fingerprint density at radius 2 is 2.50 bits per heavy atom. The van der Waals surface area contributed by atoms with Crippen LogP contribution in [0.25, 0.3) is 11.0 Å². The van der Waals surface area contributed by atoms with Gasteiger partial charge in [-0.2, -0.15) is 11.8 Å². The van der Waals surface area contributed by atoms with E-state index in [9.17, 15) is 4.79 Å². The van der Waals surface area contributed by atoms with Crippen molar-refractivity contribution in [3.63, 3.8) is 0 Å². The number of aromatic amines is 1. The predicted octanol–water partition coefficient (Wildman–Crippen LogP) is 1.95. The lowest BCUT2D eigenvalue weighted by Crippen LogP contribution is -2.42. The Morgan fingerprint density at radius 3 is 3.35 bits per heavy atom. The average molecular weight is 291 g/mol. The molecule has 1 saturated heterocycles. The number of H-pyrrole nitrogens is 1. The Bertz CT molecular complexity index is 613. The SMILES string of the molecule is O=C(O)CC1CSCCN1Cc1c[nH]c2ncccc12. The number of carboxylic acid groups (broad SMARTS) is 1. The topological polar surface area (TPSA) is 69.2 Å². The molecule has 0 spiro atoms. The van der Waals surface area contributed by atoms with Gasteiger partial charge in [0, 0.05) is 48.4 Å².